The van der Waals surface area contributed by atoms with Gasteiger partial charge in [-0.25, -0.2) is 0 Å². The van der Waals surface area contributed by atoms with Crippen LogP contribution < -0.4 is 0 Å². The van der Waals surface area contributed by atoms with Gasteiger partial charge in [0.05, 0.1) is 25.1 Å². The average molecular weight is 328 g/mol. The van der Waals surface area contributed by atoms with Crippen molar-refractivity contribution in [3.05, 3.63) is 67.6 Å². The minimum Gasteiger partial charge on any atom is -0.0826 e. The predicted octanol–water partition coefficient (Wildman–Crippen LogP) is 6.64. The van der Waals surface area contributed by atoms with Crippen molar-refractivity contribution in [1.29, 1.82) is 0 Å². The summed E-state index contributed by atoms with van der Waals surface area (Å²) in [6.45, 7) is 0. The lowest BCUT2D eigenvalue weighted by Crippen LogP contribution is -1.75. The summed E-state index contributed by atoms with van der Waals surface area (Å²) in [4.78, 5) is 0. The molecule has 0 aliphatic heterocycles. The highest BCUT2D eigenvalue weighted by molar-refractivity contribution is 6.54. The lowest BCUT2D eigenvalue weighted by atomic mass is 10.3. The fourth-order valence-corrected chi connectivity index (χ4v) is 2.04. The second-order valence-corrected chi connectivity index (χ2v) is 4.89. The van der Waals surface area contributed by atoms with Crippen LogP contribution in [0.15, 0.2) is 42.5 Å². The van der Waals surface area contributed by atoms with Gasteiger partial charge in [0.25, 0.3) is 0 Å². The highest BCUT2D eigenvalue weighted by Gasteiger charge is 2.10. The Morgan fingerprint density at radius 1 is 0.471 bits per heavy atom. The molecule has 17 heavy (non-hydrogen) atoms. The SMILES string of the molecule is Clc1cc(Cl)c(Cl)c(Cl)c1Cl.c1ccccc1. The molecule has 2 aromatic rings. The summed E-state index contributed by atoms with van der Waals surface area (Å²) in [7, 11) is 0. The summed E-state index contributed by atoms with van der Waals surface area (Å²) in [6.07, 6.45) is 0. The molecule has 2 rings (SSSR count). The second kappa shape index (κ2) is 7.35. The molecule has 2 aromatic carbocycles. The Hall–Kier alpha value is -0.110. The van der Waals surface area contributed by atoms with Crippen LogP contribution in [-0.4, -0.2) is 0 Å². The Kier molecular flexibility index (Phi) is 6.47. The van der Waals surface area contributed by atoms with E-state index in [2.05, 4.69) is 0 Å². The number of halogens is 5. The van der Waals surface area contributed by atoms with E-state index < -0.39 is 0 Å². The Bertz CT molecular complexity index is 429. The summed E-state index contributed by atoms with van der Waals surface area (Å²) in [6, 6.07) is 13.4. The Balaban J connectivity index is 0.000000202. The van der Waals surface area contributed by atoms with E-state index in [0.717, 1.165) is 0 Å². The summed E-state index contributed by atoms with van der Waals surface area (Å²) in [5.74, 6) is 0. The number of hydrogen-bond acceptors (Lipinski definition) is 0. The molecule has 0 bridgehead atoms. The summed E-state index contributed by atoms with van der Waals surface area (Å²) < 4.78 is 0. The first-order valence-electron chi connectivity index (χ1n) is 4.52. The zero-order valence-corrected chi connectivity index (χ0v) is 12.2. The molecule has 90 valence electrons. The van der Waals surface area contributed by atoms with Crippen LogP contribution in [0.5, 0.6) is 0 Å². The van der Waals surface area contributed by atoms with Gasteiger partial charge in [-0.1, -0.05) is 94.4 Å². The summed E-state index contributed by atoms with van der Waals surface area (Å²) in [5, 5.41) is 1.23. The molecule has 0 atom stereocenters. The van der Waals surface area contributed by atoms with Gasteiger partial charge in [0.2, 0.25) is 0 Å². The maximum Gasteiger partial charge on any atom is 0.0808 e. The fourth-order valence-electron chi connectivity index (χ4n) is 0.929. The molecule has 0 spiro atoms. The van der Waals surface area contributed by atoms with Crippen LogP contribution in [0.2, 0.25) is 25.1 Å². The molecule has 0 aliphatic rings. The topological polar surface area (TPSA) is 0 Å². The van der Waals surface area contributed by atoms with E-state index in [4.69, 9.17) is 58.0 Å². The van der Waals surface area contributed by atoms with Crippen molar-refractivity contribution in [3.8, 4) is 0 Å². The van der Waals surface area contributed by atoms with Gasteiger partial charge in [0.15, 0.2) is 0 Å². The molecule has 0 amide bonds. The van der Waals surface area contributed by atoms with Gasteiger partial charge in [-0.3, -0.25) is 0 Å². The maximum atomic E-state index is 5.66. The quantitative estimate of drug-likeness (QED) is 0.375. The molecule has 0 unspecified atom stereocenters. The smallest absolute Gasteiger partial charge is 0.0808 e. The fraction of sp³-hybridized carbons (Fsp3) is 0. The standard InChI is InChI=1S/C6HCl5.C6H6/c7-2-1-3(8)5(10)6(11)4(2)9;1-2-4-6-5-3-1/h1H;1-6H. The molecular weight excluding hydrogens is 321 g/mol. The third-order valence-electron chi connectivity index (χ3n) is 1.72. The molecule has 0 aromatic heterocycles. The van der Waals surface area contributed by atoms with E-state index in [0.29, 0.717) is 10.0 Å². The van der Waals surface area contributed by atoms with E-state index >= 15 is 0 Å². The number of hydrogen-bond donors (Lipinski definition) is 0. The van der Waals surface area contributed by atoms with Gasteiger partial charge in [0.1, 0.15) is 0 Å². The molecular formula is C12H7Cl5. The zero-order valence-electron chi connectivity index (χ0n) is 8.43. The van der Waals surface area contributed by atoms with Crippen molar-refractivity contribution in [2.45, 2.75) is 0 Å². The zero-order chi connectivity index (χ0) is 12.8. The van der Waals surface area contributed by atoms with Crippen LogP contribution in [0.3, 0.4) is 0 Å². The van der Waals surface area contributed by atoms with E-state index in [1.807, 2.05) is 36.4 Å². The lowest BCUT2D eigenvalue weighted by molar-refractivity contribution is 1.70. The molecule has 0 saturated heterocycles. The predicted molar refractivity (Wildman–Crippen MR) is 77.9 cm³/mol. The van der Waals surface area contributed by atoms with Gasteiger partial charge in [-0.15, -0.1) is 0 Å². The van der Waals surface area contributed by atoms with Crippen molar-refractivity contribution in [3.63, 3.8) is 0 Å². The van der Waals surface area contributed by atoms with Gasteiger partial charge in [-0.05, 0) is 6.07 Å². The monoisotopic (exact) mass is 326 g/mol. The van der Waals surface area contributed by atoms with Gasteiger partial charge < -0.3 is 0 Å². The van der Waals surface area contributed by atoms with Crippen LogP contribution in [0.1, 0.15) is 0 Å². The van der Waals surface area contributed by atoms with Crippen LogP contribution in [0.4, 0.5) is 0 Å². The highest BCUT2D eigenvalue weighted by atomic mass is 35.5. The molecule has 0 radical (unpaired) electrons. The minimum atomic E-state index is 0.186. The van der Waals surface area contributed by atoms with Gasteiger partial charge in [0, 0.05) is 0 Å². The largest absolute Gasteiger partial charge is 0.0826 e. The first kappa shape index (κ1) is 14.9. The first-order valence-corrected chi connectivity index (χ1v) is 6.41. The molecule has 0 heterocycles. The van der Waals surface area contributed by atoms with Crippen molar-refractivity contribution in [2.24, 2.45) is 0 Å². The van der Waals surface area contributed by atoms with Crippen LogP contribution in [0.25, 0.3) is 0 Å². The van der Waals surface area contributed by atoms with Gasteiger partial charge in [-0.2, -0.15) is 0 Å². The van der Waals surface area contributed by atoms with Crippen molar-refractivity contribution in [2.75, 3.05) is 0 Å². The normalized spacial score (nSPS) is 9.47. The van der Waals surface area contributed by atoms with Crippen LogP contribution in [0, 0.1) is 0 Å². The second-order valence-electron chi connectivity index (χ2n) is 2.94. The van der Waals surface area contributed by atoms with Crippen molar-refractivity contribution >= 4 is 58.0 Å². The highest BCUT2D eigenvalue weighted by Crippen LogP contribution is 2.40. The van der Waals surface area contributed by atoms with E-state index in [1.54, 1.807) is 0 Å². The molecule has 5 heteroatoms. The Labute approximate surface area is 125 Å². The van der Waals surface area contributed by atoms with Gasteiger partial charge >= 0.3 is 0 Å². The Morgan fingerprint density at radius 2 is 0.765 bits per heavy atom. The molecule has 0 N–H and O–H groups in total. The third kappa shape index (κ3) is 4.57. The molecule has 0 aliphatic carbocycles. The molecule has 0 saturated carbocycles. The first-order chi connectivity index (χ1) is 8.04. The van der Waals surface area contributed by atoms with E-state index in [9.17, 15) is 0 Å². The van der Waals surface area contributed by atoms with Crippen molar-refractivity contribution in [1.82, 2.24) is 0 Å². The average Bonchev–Trinajstić information content (AvgIpc) is 2.37. The Morgan fingerprint density at radius 3 is 1.06 bits per heavy atom. The molecule has 0 nitrogen and oxygen atoms in total. The third-order valence-corrected chi connectivity index (χ3v) is 3.87. The maximum absolute atomic E-state index is 5.66. The van der Waals surface area contributed by atoms with Crippen molar-refractivity contribution < 1.29 is 0 Å². The van der Waals surface area contributed by atoms with Crippen LogP contribution >= 0.6 is 58.0 Å². The summed E-state index contributed by atoms with van der Waals surface area (Å²) >= 11 is 28.2. The number of rotatable bonds is 0. The number of benzene rings is 2. The van der Waals surface area contributed by atoms with E-state index in [-0.39, 0.29) is 15.1 Å². The minimum absolute atomic E-state index is 0.186. The lowest BCUT2D eigenvalue weighted by Gasteiger charge is -2.02. The van der Waals surface area contributed by atoms with Crippen LogP contribution in [-0.2, 0) is 0 Å². The summed E-state index contributed by atoms with van der Waals surface area (Å²) in [5.41, 5.74) is 0. The van der Waals surface area contributed by atoms with E-state index in [1.165, 1.54) is 6.07 Å². The molecule has 0 fully saturated rings.